The van der Waals surface area contributed by atoms with Crippen LogP contribution in [0.2, 0.25) is 0 Å². The Bertz CT molecular complexity index is 148. The smallest absolute Gasteiger partial charge is 0.0732 e. The summed E-state index contributed by atoms with van der Waals surface area (Å²) in [5, 5.41) is 3.39. The SMILES string of the molecule is CC(C)OC1(C(C)C)CCNCC1. The summed E-state index contributed by atoms with van der Waals surface area (Å²) in [5.74, 6) is 0.622. The molecule has 2 heteroatoms. The minimum absolute atomic E-state index is 0.138. The molecule has 1 aliphatic rings. The van der Waals surface area contributed by atoms with E-state index >= 15 is 0 Å². The van der Waals surface area contributed by atoms with Gasteiger partial charge in [0.05, 0.1) is 11.7 Å². The Morgan fingerprint density at radius 1 is 1.08 bits per heavy atom. The normalized spacial score (nSPS) is 22.6. The first kappa shape index (κ1) is 11.0. The van der Waals surface area contributed by atoms with Gasteiger partial charge in [0.2, 0.25) is 0 Å². The first-order chi connectivity index (χ1) is 6.07. The van der Waals surface area contributed by atoms with Crippen LogP contribution in [-0.4, -0.2) is 24.8 Å². The Labute approximate surface area is 82.0 Å². The highest BCUT2D eigenvalue weighted by molar-refractivity contribution is 4.89. The van der Waals surface area contributed by atoms with Gasteiger partial charge in [0, 0.05) is 0 Å². The Morgan fingerprint density at radius 3 is 2.00 bits per heavy atom. The summed E-state index contributed by atoms with van der Waals surface area (Å²) in [4.78, 5) is 0. The zero-order valence-electron chi connectivity index (χ0n) is 9.39. The molecule has 1 N–H and O–H groups in total. The second kappa shape index (κ2) is 4.43. The number of hydrogen-bond donors (Lipinski definition) is 1. The summed E-state index contributed by atoms with van der Waals surface area (Å²) < 4.78 is 6.10. The van der Waals surface area contributed by atoms with Crippen LogP contribution in [0, 0.1) is 5.92 Å². The predicted molar refractivity (Wildman–Crippen MR) is 55.9 cm³/mol. The number of rotatable bonds is 3. The quantitative estimate of drug-likeness (QED) is 0.727. The lowest BCUT2D eigenvalue weighted by Crippen LogP contribution is -2.48. The molecule has 1 saturated heterocycles. The minimum atomic E-state index is 0.138. The largest absolute Gasteiger partial charge is 0.372 e. The molecule has 0 aromatic heterocycles. The molecule has 0 aromatic rings. The van der Waals surface area contributed by atoms with E-state index in [2.05, 4.69) is 33.0 Å². The summed E-state index contributed by atoms with van der Waals surface area (Å²) in [6, 6.07) is 0. The van der Waals surface area contributed by atoms with E-state index in [0.29, 0.717) is 12.0 Å². The highest BCUT2D eigenvalue weighted by Gasteiger charge is 2.36. The molecule has 1 aliphatic heterocycles. The fourth-order valence-electron chi connectivity index (χ4n) is 2.15. The van der Waals surface area contributed by atoms with E-state index in [0.717, 1.165) is 25.9 Å². The third kappa shape index (κ3) is 2.68. The first-order valence-electron chi connectivity index (χ1n) is 5.45. The van der Waals surface area contributed by atoms with Crippen molar-refractivity contribution >= 4 is 0 Å². The number of nitrogens with one attached hydrogen (secondary N) is 1. The van der Waals surface area contributed by atoms with Gasteiger partial charge in [-0.15, -0.1) is 0 Å². The van der Waals surface area contributed by atoms with Gasteiger partial charge in [0.1, 0.15) is 0 Å². The standard InChI is InChI=1S/C11H23NO/c1-9(2)11(13-10(3)4)5-7-12-8-6-11/h9-10,12H,5-8H2,1-4H3. The molecular formula is C11H23NO. The molecule has 0 radical (unpaired) electrons. The van der Waals surface area contributed by atoms with E-state index in [-0.39, 0.29) is 5.60 Å². The summed E-state index contributed by atoms with van der Waals surface area (Å²) >= 11 is 0. The van der Waals surface area contributed by atoms with Crippen LogP contribution in [-0.2, 0) is 4.74 Å². The minimum Gasteiger partial charge on any atom is -0.372 e. The highest BCUT2D eigenvalue weighted by Crippen LogP contribution is 2.32. The molecule has 13 heavy (non-hydrogen) atoms. The van der Waals surface area contributed by atoms with Crippen LogP contribution in [0.15, 0.2) is 0 Å². The lowest BCUT2D eigenvalue weighted by Gasteiger charge is -2.42. The maximum absolute atomic E-state index is 6.10. The number of hydrogen-bond acceptors (Lipinski definition) is 2. The molecule has 0 saturated carbocycles. The zero-order valence-corrected chi connectivity index (χ0v) is 9.39. The van der Waals surface area contributed by atoms with Gasteiger partial charge >= 0.3 is 0 Å². The van der Waals surface area contributed by atoms with E-state index in [9.17, 15) is 0 Å². The predicted octanol–water partition coefficient (Wildman–Crippen LogP) is 2.19. The lowest BCUT2D eigenvalue weighted by molar-refractivity contribution is -0.125. The van der Waals surface area contributed by atoms with Crippen LogP contribution in [0.1, 0.15) is 40.5 Å². The second-order valence-corrected chi connectivity index (χ2v) is 4.64. The molecule has 0 aliphatic carbocycles. The molecular weight excluding hydrogens is 162 g/mol. The van der Waals surface area contributed by atoms with Crippen molar-refractivity contribution in [1.82, 2.24) is 5.32 Å². The maximum Gasteiger partial charge on any atom is 0.0732 e. The van der Waals surface area contributed by atoms with Crippen molar-refractivity contribution in [3.63, 3.8) is 0 Å². The van der Waals surface area contributed by atoms with Crippen molar-refractivity contribution in [3.8, 4) is 0 Å². The molecule has 0 amide bonds. The van der Waals surface area contributed by atoms with Crippen LogP contribution in [0.25, 0.3) is 0 Å². The van der Waals surface area contributed by atoms with Crippen molar-refractivity contribution in [1.29, 1.82) is 0 Å². The molecule has 2 nitrogen and oxygen atoms in total. The molecule has 78 valence electrons. The Balaban J connectivity index is 2.61. The Hall–Kier alpha value is -0.0800. The molecule has 1 heterocycles. The summed E-state index contributed by atoms with van der Waals surface area (Å²) in [5.41, 5.74) is 0.138. The monoisotopic (exact) mass is 185 g/mol. The fraction of sp³-hybridized carbons (Fsp3) is 1.00. The zero-order chi connectivity index (χ0) is 9.90. The van der Waals surface area contributed by atoms with Gasteiger partial charge in [-0.25, -0.2) is 0 Å². The molecule has 0 spiro atoms. The van der Waals surface area contributed by atoms with Crippen LogP contribution in [0.5, 0.6) is 0 Å². The van der Waals surface area contributed by atoms with Crippen molar-refractivity contribution in [2.24, 2.45) is 5.92 Å². The first-order valence-corrected chi connectivity index (χ1v) is 5.45. The lowest BCUT2D eigenvalue weighted by atomic mass is 9.81. The molecule has 0 unspecified atom stereocenters. The molecule has 0 atom stereocenters. The molecule has 0 aromatic carbocycles. The summed E-state index contributed by atoms with van der Waals surface area (Å²) in [6.07, 6.45) is 2.66. The van der Waals surface area contributed by atoms with Crippen molar-refractivity contribution in [2.45, 2.75) is 52.2 Å². The van der Waals surface area contributed by atoms with Crippen LogP contribution in [0.3, 0.4) is 0 Å². The molecule has 1 rings (SSSR count). The number of piperidine rings is 1. The topological polar surface area (TPSA) is 21.3 Å². The van der Waals surface area contributed by atoms with Crippen LogP contribution < -0.4 is 5.32 Å². The number of ether oxygens (including phenoxy) is 1. The van der Waals surface area contributed by atoms with Gasteiger partial charge < -0.3 is 10.1 Å². The van der Waals surface area contributed by atoms with Crippen molar-refractivity contribution < 1.29 is 4.74 Å². The van der Waals surface area contributed by atoms with Gasteiger partial charge in [-0.3, -0.25) is 0 Å². The average Bonchev–Trinajstić information content (AvgIpc) is 2.04. The van der Waals surface area contributed by atoms with Gasteiger partial charge in [0.15, 0.2) is 0 Å². The molecule has 1 fully saturated rings. The Kier molecular flexibility index (Phi) is 3.74. The highest BCUT2D eigenvalue weighted by atomic mass is 16.5. The molecule has 0 bridgehead atoms. The van der Waals surface area contributed by atoms with Crippen molar-refractivity contribution in [2.75, 3.05) is 13.1 Å². The van der Waals surface area contributed by atoms with Gasteiger partial charge in [-0.05, 0) is 45.7 Å². The van der Waals surface area contributed by atoms with Crippen LogP contribution in [0.4, 0.5) is 0 Å². The van der Waals surface area contributed by atoms with E-state index < -0.39 is 0 Å². The second-order valence-electron chi connectivity index (χ2n) is 4.64. The third-order valence-corrected chi connectivity index (χ3v) is 2.97. The fourth-order valence-corrected chi connectivity index (χ4v) is 2.15. The maximum atomic E-state index is 6.10. The summed E-state index contributed by atoms with van der Waals surface area (Å²) in [7, 11) is 0. The van der Waals surface area contributed by atoms with Crippen LogP contribution >= 0.6 is 0 Å². The van der Waals surface area contributed by atoms with Gasteiger partial charge in [-0.1, -0.05) is 13.8 Å². The Morgan fingerprint density at radius 2 is 1.62 bits per heavy atom. The van der Waals surface area contributed by atoms with E-state index in [1.54, 1.807) is 0 Å². The third-order valence-electron chi connectivity index (χ3n) is 2.97. The van der Waals surface area contributed by atoms with E-state index in [1.165, 1.54) is 0 Å². The van der Waals surface area contributed by atoms with Gasteiger partial charge in [0.25, 0.3) is 0 Å². The van der Waals surface area contributed by atoms with E-state index in [1.807, 2.05) is 0 Å². The van der Waals surface area contributed by atoms with Crippen molar-refractivity contribution in [3.05, 3.63) is 0 Å². The van der Waals surface area contributed by atoms with E-state index in [4.69, 9.17) is 4.74 Å². The van der Waals surface area contributed by atoms with Gasteiger partial charge in [-0.2, -0.15) is 0 Å². The average molecular weight is 185 g/mol. The summed E-state index contributed by atoms with van der Waals surface area (Å²) in [6.45, 7) is 11.0.